The summed E-state index contributed by atoms with van der Waals surface area (Å²) in [4.78, 5) is 32.0. The first-order chi connectivity index (χ1) is 12.0. The van der Waals surface area contributed by atoms with Crippen LogP contribution in [-0.2, 0) is 4.79 Å². The molecular formula is C18H27N5O2. The van der Waals surface area contributed by atoms with Crippen molar-refractivity contribution in [3.8, 4) is 0 Å². The Morgan fingerprint density at radius 1 is 1.32 bits per heavy atom. The minimum atomic E-state index is -0.771. The Morgan fingerprint density at radius 3 is 2.84 bits per heavy atom. The summed E-state index contributed by atoms with van der Waals surface area (Å²) in [6.07, 6.45) is 3.77. The number of pyridine rings is 1. The lowest BCUT2D eigenvalue weighted by atomic mass is 10.1. The average molecular weight is 345 g/mol. The molecule has 0 spiro atoms. The number of nitrogens with one attached hydrogen (secondary N) is 2. The number of hydrogen-bond donors (Lipinski definition) is 2. The van der Waals surface area contributed by atoms with Crippen LogP contribution in [0.15, 0.2) is 24.4 Å². The van der Waals surface area contributed by atoms with Crippen LogP contribution in [0.25, 0.3) is 0 Å². The van der Waals surface area contributed by atoms with E-state index < -0.39 is 5.54 Å². The van der Waals surface area contributed by atoms with Gasteiger partial charge in [-0.1, -0.05) is 6.07 Å². The molecule has 2 saturated heterocycles. The number of urea groups is 1. The van der Waals surface area contributed by atoms with Crippen molar-refractivity contribution in [2.75, 3.05) is 38.0 Å². The molecule has 3 rings (SSSR count). The molecule has 0 bridgehead atoms. The minimum Gasteiger partial charge on any atom is -0.370 e. The smallest absolute Gasteiger partial charge is 0.325 e. The van der Waals surface area contributed by atoms with Gasteiger partial charge in [0.2, 0.25) is 0 Å². The zero-order valence-electron chi connectivity index (χ0n) is 15.0. The van der Waals surface area contributed by atoms with Crippen LogP contribution in [-0.4, -0.2) is 65.0 Å². The second kappa shape index (κ2) is 7.39. The van der Waals surface area contributed by atoms with Gasteiger partial charge in [-0.15, -0.1) is 0 Å². The van der Waals surface area contributed by atoms with Crippen LogP contribution < -0.4 is 10.6 Å². The van der Waals surface area contributed by atoms with Gasteiger partial charge in [0.05, 0.1) is 0 Å². The largest absolute Gasteiger partial charge is 0.370 e. The van der Waals surface area contributed by atoms with Gasteiger partial charge in [0.1, 0.15) is 11.4 Å². The van der Waals surface area contributed by atoms with E-state index in [1.807, 2.05) is 18.2 Å². The molecule has 3 amide bonds. The summed E-state index contributed by atoms with van der Waals surface area (Å²) in [5, 5.41) is 6.11. The fourth-order valence-electron chi connectivity index (χ4n) is 3.47. The number of likely N-dealkylation sites (tertiary alicyclic amines) is 1. The zero-order valence-corrected chi connectivity index (χ0v) is 15.0. The maximum absolute atomic E-state index is 12.2. The van der Waals surface area contributed by atoms with Gasteiger partial charge in [0, 0.05) is 25.8 Å². The van der Waals surface area contributed by atoms with E-state index in [-0.39, 0.29) is 11.9 Å². The number of amides is 3. The van der Waals surface area contributed by atoms with Gasteiger partial charge in [-0.25, -0.2) is 9.78 Å². The quantitative estimate of drug-likeness (QED) is 0.733. The number of aromatic nitrogens is 1. The first-order valence-corrected chi connectivity index (χ1v) is 8.97. The van der Waals surface area contributed by atoms with E-state index in [9.17, 15) is 9.59 Å². The monoisotopic (exact) mass is 345 g/mol. The number of anilines is 1. The van der Waals surface area contributed by atoms with Gasteiger partial charge in [-0.3, -0.25) is 9.69 Å². The van der Waals surface area contributed by atoms with Crippen LogP contribution in [0.5, 0.6) is 0 Å². The molecule has 1 aromatic rings. The Hall–Kier alpha value is -2.15. The molecule has 7 heteroatoms. The van der Waals surface area contributed by atoms with E-state index in [1.54, 1.807) is 20.0 Å². The zero-order chi connectivity index (χ0) is 17.9. The van der Waals surface area contributed by atoms with Gasteiger partial charge >= 0.3 is 6.03 Å². The van der Waals surface area contributed by atoms with E-state index in [1.165, 1.54) is 4.90 Å². The van der Waals surface area contributed by atoms with Gasteiger partial charge in [-0.2, -0.15) is 0 Å². The van der Waals surface area contributed by atoms with Crippen LogP contribution >= 0.6 is 0 Å². The molecule has 7 nitrogen and oxygen atoms in total. The first kappa shape index (κ1) is 17.7. The number of imide groups is 1. The minimum absolute atomic E-state index is 0.128. The van der Waals surface area contributed by atoms with E-state index in [2.05, 4.69) is 20.5 Å². The standard InChI is InChI=1S/C18H27N5O2/c1-18(2)16(24)23(17(25)21-18)10-5-9-22-11-7-14(13-22)12-20-15-6-3-4-8-19-15/h3-4,6,8,14H,5,7,9-13H2,1-2H3,(H,19,20)(H,21,25)/t14-/m1/s1. The molecule has 3 heterocycles. The van der Waals surface area contributed by atoms with Crippen LogP contribution in [0, 0.1) is 5.92 Å². The number of nitrogens with zero attached hydrogens (tertiary/aromatic N) is 3. The Labute approximate surface area is 148 Å². The van der Waals surface area contributed by atoms with Gasteiger partial charge in [-0.05, 0) is 57.8 Å². The molecule has 0 aromatic carbocycles. The van der Waals surface area contributed by atoms with Crippen LogP contribution in [0.1, 0.15) is 26.7 Å². The van der Waals surface area contributed by atoms with Crippen molar-refractivity contribution in [2.45, 2.75) is 32.2 Å². The summed E-state index contributed by atoms with van der Waals surface area (Å²) in [5.74, 6) is 1.40. The second-order valence-electron chi connectivity index (χ2n) is 7.42. The van der Waals surface area contributed by atoms with Crippen molar-refractivity contribution in [3.63, 3.8) is 0 Å². The number of carbonyl (C=O) groups is 2. The molecule has 2 aliphatic heterocycles. The molecule has 0 saturated carbocycles. The van der Waals surface area contributed by atoms with Crippen molar-refractivity contribution in [3.05, 3.63) is 24.4 Å². The van der Waals surface area contributed by atoms with Crippen molar-refractivity contribution in [1.29, 1.82) is 0 Å². The molecule has 0 aliphatic carbocycles. The number of rotatable bonds is 7. The molecule has 25 heavy (non-hydrogen) atoms. The van der Waals surface area contributed by atoms with Crippen molar-refractivity contribution < 1.29 is 9.59 Å². The van der Waals surface area contributed by atoms with Crippen LogP contribution in [0.3, 0.4) is 0 Å². The normalized spacial score (nSPS) is 23.1. The summed E-state index contributed by atoms with van der Waals surface area (Å²) in [6, 6.07) is 5.60. The highest BCUT2D eigenvalue weighted by molar-refractivity contribution is 6.06. The van der Waals surface area contributed by atoms with Gasteiger partial charge < -0.3 is 15.5 Å². The van der Waals surface area contributed by atoms with Crippen LogP contribution in [0.4, 0.5) is 10.6 Å². The molecule has 2 N–H and O–H groups in total. The molecule has 0 radical (unpaired) electrons. The SMILES string of the molecule is CC1(C)NC(=O)N(CCCN2CC[C@H](CNc3ccccn3)C2)C1=O. The summed E-state index contributed by atoms with van der Waals surface area (Å²) in [6.45, 7) is 7.93. The third-order valence-corrected chi connectivity index (χ3v) is 4.91. The second-order valence-corrected chi connectivity index (χ2v) is 7.42. The first-order valence-electron chi connectivity index (χ1n) is 8.97. The van der Waals surface area contributed by atoms with E-state index in [4.69, 9.17) is 0 Å². The van der Waals surface area contributed by atoms with E-state index in [0.717, 1.165) is 44.8 Å². The van der Waals surface area contributed by atoms with Crippen molar-refractivity contribution >= 4 is 17.8 Å². The van der Waals surface area contributed by atoms with Gasteiger partial charge in [0.15, 0.2) is 0 Å². The molecule has 1 aromatic heterocycles. The Morgan fingerprint density at radius 2 is 2.16 bits per heavy atom. The third kappa shape index (κ3) is 4.28. The number of hydrogen-bond acceptors (Lipinski definition) is 5. The van der Waals surface area contributed by atoms with Crippen molar-refractivity contribution in [1.82, 2.24) is 20.1 Å². The maximum Gasteiger partial charge on any atom is 0.325 e. The molecule has 2 fully saturated rings. The summed E-state index contributed by atoms with van der Waals surface area (Å²) >= 11 is 0. The summed E-state index contributed by atoms with van der Waals surface area (Å²) in [7, 11) is 0. The fourth-order valence-corrected chi connectivity index (χ4v) is 3.47. The Bertz CT molecular complexity index is 619. The third-order valence-electron chi connectivity index (χ3n) is 4.91. The number of carbonyl (C=O) groups excluding carboxylic acids is 2. The average Bonchev–Trinajstić information content (AvgIpc) is 3.11. The molecule has 136 valence electrons. The van der Waals surface area contributed by atoms with Crippen molar-refractivity contribution in [2.24, 2.45) is 5.92 Å². The lowest BCUT2D eigenvalue weighted by Crippen LogP contribution is -2.40. The van der Waals surface area contributed by atoms with E-state index >= 15 is 0 Å². The lowest BCUT2D eigenvalue weighted by molar-refractivity contribution is -0.130. The van der Waals surface area contributed by atoms with E-state index in [0.29, 0.717) is 12.5 Å². The molecule has 0 unspecified atom stereocenters. The van der Waals surface area contributed by atoms with Gasteiger partial charge in [0.25, 0.3) is 5.91 Å². The highest BCUT2D eigenvalue weighted by atomic mass is 16.2. The molecular weight excluding hydrogens is 318 g/mol. The molecule has 2 aliphatic rings. The summed E-state index contributed by atoms with van der Waals surface area (Å²) in [5.41, 5.74) is -0.771. The Balaban J connectivity index is 1.36. The Kier molecular flexibility index (Phi) is 5.22. The topological polar surface area (TPSA) is 77.6 Å². The molecule has 1 atom stereocenters. The lowest BCUT2D eigenvalue weighted by Gasteiger charge is -2.19. The highest BCUT2D eigenvalue weighted by Crippen LogP contribution is 2.19. The summed E-state index contributed by atoms with van der Waals surface area (Å²) < 4.78 is 0. The maximum atomic E-state index is 12.2. The predicted molar refractivity (Wildman–Crippen MR) is 96.2 cm³/mol. The fraction of sp³-hybridized carbons (Fsp3) is 0.611. The predicted octanol–water partition coefficient (Wildman–Crippen LogP) is 1.54. The highest BCUT2D eigenvalue weighted by Gasteiger charge is 2.43. The van der Waals surface area contributed by atoms with Crippen LogP contribution in [0.2, 0.25) is 0 Å².